The summed E-state index contributed by atoms with van der Waals surface area (Å²) in [6, 6.07) is 0. The lowest BCUT2D eigenvalue weighted by Crippen LogP contribution is -2.28. The van der Waals surface area contributed by atoms with Gasteiger partial charge in [0.25, 0.3) is 0 Å². The molecule has 80 valence electrons. The van der Waals surface area contributed by atoms with Crippen molar-refractivity contribution in [3.8, 4) is 0 Å². The Morgan fingerprint density at radius 1 is 1.31 bits per heavy atom. The second-order valence-corrected chi connectivity index (χ2v) is 3.90. The van der Waals surface area contributed by atoms with Crippen LogP contribution in [-0.4, -0.2) is 52.3 Å². The fourth-order valence-corrected chi connectivity index (χ4v) is 1.14. The van der Waals surface area contributed by atoms with Gasteiger partial charge in [0.05, 0.1) is 0 Å². The molecule has 0 fully saturated rings. The van der Waals surface area contributed by atoms with E-state index >= 15 is 0 Å². The van der Waals surface area contributed by atoms with Crippen molar-refractivity contribution in [2.45, 2.75) is 13.3 Å². The highest BCUT2D eigenvalue weighted by Gasteiger charge is 1.99. The number of rotatable bonds is 8. The second-order valence-electron chi connectivity index (χ2n) is 3.90. The van der Waals surface area contributed by atoms with E-state index in [2.05, 4.69) is 31.2 Å². The maximum absolute atomic E-state index is 5.06. The van der Waals surface area contributed by atoms with Gasteiger partial charge in [-0.2, -0.15) is 0 Å². The second kappa shape index (κ2) is 8.48. The van der Waals surface area contributed by atoms with Gasteiger partial charge >= 0.3 is 0 Å². The van der Waals surface area contributed by atoms with Crippen LogP contribution in [0.2, 0.25) is 0 Å². The molecular formula is C10H24N2O. The summed E-state index contributed by atoms with van der Waals surface area (Å²) in [5.74, 6) is 0.664. The Balaban J connectivity index is 3.06. The first kappa shape index (κ1) is 12.9. The first-order valence-corrected chi connectivity index (χ1v) is 5.01. The highest BCUT2D eigenvalue weighted by molar-refractivity contribution is 4.55. The summed E-state index contributed by atoms with van der Waals surface area (Å²) >= 11 is 0. The molecule has 1 atom stereocenters. The number of nitrogens with zero attached hydrogens (tertiary/aromatic N) is 1. The summed E-state index contributed by atoms with van der Waals surface area (Å²) in [5.41, 5.74) is 0. The van der Waals surface area contributed by atoms with Crippen molar-refractivity contribution in [2.75, 3.05) is 47.4 Å². The van der Waals surface area contributed by atoms with Crippen LogP contribution >= 0.6 is 0 Å². The third kappa shape index (κ3) is 9.80. The minimum absolute atomic E-state index is 0.664. The molecule has 0 bridgehead atoms. The lowest BCUT2D eigenvalue weighted by Gasteiger charge is -2.12. The van der Waals surface area contributed by atoms with Crippen LogP contribution in [0.5, 0.6) is 0 Å². The Bertz CT molecular complexity index is 107. The van der Waals surface area contributed by atoms with E-state index in [0.29, 0.717) is 5.92 Å². The molecule has 0 heterocycles. The first-order chi connectivity index (χ1) is 6.16. The summed E-state index contributed by atoms with van der Waals surface area (Å²) in [6.45, 7) is 6.37. The Morgan fingerprint density at radius 2 is 2.00 bits per heavy atom. The van der Waals surface area contributed by atoms with Crippen molar-refractivity contribution in [2.24, 2.45) is 5.92 Å². The Morgan fingerprint density at radius 3 is 2.54 bits per heavy atom. The summed E-state index contributed by atoms with van der Waals surface area (Å²) in [7, 11) is 5.94. The monoisotopic (exact) mass is 188 g/mol. The predicted octanol–water partition coefficient (Wildman–Crippen LogP) is 0.810. The van der Waals surface area contributed by atoms with Crippen molar-refractivity contribution < 1.29 is 4.74 Å². The van der Waals surface area contributed by atoms with E-state index in [4.69, 9.17) is 4.74 Å². The summed E-state index contributed by atoms with van der Waals surface area (Å²) in [5, 5.41) is 3.41. The molecule has 3 heteroatoms. The molecule has 0 aromatic heterocycles. The van der Waals surface area contributed by atoms with Crippen LogP contribution in [0.1, 0.15) is 13.3 Å². The molecule has 0 aliphatic heterocycles. The third-order valence-corrected chi connectivity index (χ3v) is 2.00. The Labute approximate surface area is 82.4 Å². The van der Waals surface area contributed by atoms with Gasteiger partial charge in [-0.3, -0.25) is 0 Å². The van der Waals surface area contributed by atoms with Crippen LogP contribution in [-0.2, 0) is 4.74 Å². The quantitative estimate of drug-likeness (QED) is 0.571. The van der Waals surface area contributed by atoms with Gasteiger partial charge in [-0.05, 0) is 33.0 Å². The van der Waals surface area contributed by atoms with Gasteiger partial charge in [0.1, 0.15) is 0 Å². The van der Waals surface area contributed by atoms with Crippen LogP contribution in [0, 0.1) is 5.92 Å². The van der Waals surface area contributed by atoms with Crippen molar-refractivity contribution in [3.63, 3.8) is 0 Å². The minimum atomic E-state index is 0.664. The molecule has 0 aliphatic carbocycles. The van der Waals surface area contributed by atoms with E-state index in [0.717, 1.165) is 26.2 Å². The predicted molar refractivity (Wildman–Crippen MR) is 57.1 cm³/mol. The fourth-order valence-electron chi connectivity index (χ4n) is 1.14. The number of hydrogen-bond acceptors (Lipinski definition) is 3. The topological polar surface area (TPSA) is 24.5 Å². The van der Waals surface area contributed by atoms with Gasteiger partial charge in [0.15, 0.2) is 0 Å². The zero-order valence-electron chi connectivity index (χ0n) is 9.47. The van der Waals surface area contributed by atoms with E-state index in [1.54, 1.807) is 7.11 Å². The summed E-state index contributed by atoms with van der Waals surface area (Å²) in [4.78, 5) is 2.19. The Kier molecular flexibility index (Phi) is 8.40. The summed E-state index contributed by atoms with van der Waals surface area (Å²) < 4.78 is 5.06. The number of ether oxygens (including phenoxy) is 1. The maximum atomic E-state index is 5.06. The van der Waals surface area contributed by atoms with Gasteiger partial charge in [-0.25, -0.2) is 0 Å². The molecule has 0 saturated heterocycles. The van der Waals surface area contributed by atoms with E-state index in [1.807, 2.05) is 0 Å². The Hall–Kier alpha value is -0.120. The zero-order valence-corrected chi connectivity index (χ0v) is 9.47. The van der Waals surface area contributed by atoms with Gasteiger partial charge in [-0.1, -0.05) is 6.92 Å². The van der Waals surface area contributed by atoms with Crippen LogP contribution in [0.3, 0.4) is 0 Å². The fraction of sp³-hybridized carbons (Fsp3) is 1.00. The molecule has 0 aliphatic rings. The van der Waals surface area contributed by atoms with Crippen LogP contribution in [0.25, 0.3) is 0 Å². The molecule has 0 amide bonds. The molecule has 0 radical (unpaired) electrons. The molecule has 0 aromatic carbocycles. The average Bonchev–Trinajstić information content (AvgIpc) is 2.03. The molecule has 0 spiro atoms. The average molecular weight is 188 g/mol. The van der Waals surface area contributed by atoms with E-state index in [-0.39, 0.29) is 0 Å². The lowest BCUT2D eigenvalue weighted by molar-refractivity contribution is 0.155. The van der Waals surface area contributed by atoms with Crippen LogP contribution in [0.15, 0.2) is 0 Å². The highest BCUT2D eigenvalue weighted by atomic mass is 16.5. The molecule has 0 saturated carbocycles. The van der Waals surface area contributed by atoms with Crippen molar-refractivity contribution in [1.29, 1.82) is 0 Å². The third-order valence-electron chi connectivity index (χ3n) is 2.00. The number of likely N-dealkylation sites (N-methyl/N-ethyl adjacent to an activating group) is 1. The van der Waals surface area contributed by atoms with Gasteiger partial charge < -0.3 is 15.0 Å². The van der Waals surface area contributed by atoms with Crippen LogP contribution < -0.4 is 5.32 Å². The lowest BCUT2D eigenvalue weighted by atomic mass is 10.1. The number of methoxy groups -OCH3 is 1. The van der Waals surface area contributed by atoms with Crippen molar-refractivity contribution >= 4 is 0 Å². The van der Waals surface area contributed by atoms with Gasteiger partial charge in [-0.15, -0.1) is 0 Å². The number of nitrogens with one attached hydrogen (secondary N) is 1. The molecule has 0 rings (SSSR count). The highest BCUT2D eigenvalue weighted by Crippen LogP contribution is 1.99. The molecular weight excluding hydrogens is 164 g/mol. The van der Waals surface area contributed by atoms with Gasteiger partial charge in [0, 0.05) is 26.8 Å². The molecule has 13 heavy (non-hydrogen) atoms. The van der Waals surface area contributed by atoms with Crippen molar-refractivity contribution in [3.05, 3.63) is 0 Å². The van der Waals surface area contributed by atoms with E-state index in [1.165, 1.54) is 6.42 Å². The summed E-state index contributed by atoms with van der Waals surface area (Å²) in [6.07, 6.45) is 1.20. The van der Waals surface area contributed by atoms with Gasteiger partial charge in [0.2, 0.25) is 0 Å². The zero-order chi connectivity index (χ0) is 10.1. The largest absolute Gasteiger partial charge is 0.384 e. The minimum Gasteiger partial charge on any atom is -0.384 e. The molecule has 1 unspecified atom stereocenters. The standard InChI is InChI=1S/C10H24N2O/c1-10(9-13-4)5-6-11-7-8-12(2)3/h10-11H,5-9H2,1-4H3. The smallest absolute Gasteiger partial charge is 0.0488 e. The van der Waals surface area contributed by atoms with Crippen LogP contribution in [0.4, 0.5) is 0 Å². The maximum Gasteiger partial charge on any atom is 0.0488 e. The van der Waals surface area contributed by atoms with E-state index < -0.39 is 0 Å². The normalized spacial score (nSPS) is 13.6. The SMILES string of the molecule is COCC(C)CCNCCN(C)C. The molecule has 0 aromatic rings. The molecule has 3 nitrogen and oxygen atoms in total. The first-order valence-electron chi connectivity index (χ1n) is 5.01. The number of hydrogen-bond donors (Lipinski definition) is 1. The molecule has 1 N–H and O–H groups in total. The van der Waals surface area contributed by atoms with Crippen molar-refractivity contribution in [1.82, 2.24) is 10.2 Å². The van der Waals surface area contributed by atoms with E-state index in [9.17, 15) is 0 Å².